The highest BCUT2D eigenvalue weighted by Gasteiger charge is 2.13. The predicted molar refractivity (Wildman–Crippen MR) is 50.7 cm³/mol. The van der Waals surface area contributed by atoms with Crippen LogP contribution < -0.4 is 5.73 Å². The predicted octanol–water partition coefficient (Wildman–Crippen LogP) is 1.98. The van der Waals surface area contributed by atoms with Crippen LogP contribution in [0.4, 0.5) is 0 Å². The van der Waals surface area contributed by atoms with Crippen LogP contribution in [0.2, 0.25) is 0 Å². The van der Waals surface area contributed by atoms with E-state index in [9.17, 15) is 0 Å². The van der Waals surface area contributed by atoms with Gasteiger partial charge in [0.1, 0.15) is 5.76 Å². The molecule has 0 bridgehead atoms. The second kappa shape index (κ2) is 4.31. The minimum absolute atomic E-state index is 0.600. The standard InChI is InChI=1S/C10H17NO/c1-3-8-5-4-6-10(12-2)9(8)7-11/h6H,3-5,7,11H2,1-2H3. The number of methoxy groups -OCH3 is 1. The number of hydrogen-bond acceptors (Lipinski definition) is 2. The van der Waals surface area contributed by atoms with Crippen molar-refractivity contribution in [3.05, 3.63) is 23.0 Å². The van der Waals surface area contributed by atoms with Crippen LogP contribution in [0.25, 0.3) is 0 Å². The molecule has 0 amide bonds. The first-order chi connectivity index (χ1) is 5.83. The van der Waals surface area contributed by atoms with E-state index in [0.717, 1.165) is 25.0 Å². The van der Waals surface area contributed by atoms with Crippen molar-refractivity contribution in [3.63, 3.8) is 0 Å². The van der Waals surface area contributed by atoms with E-state index in [4.69, 9.17) is 10.5 Å². The first-order valence-corrected chi connectivity index (χ1v) is 4.49. The molecule has 1 aliphatic carbocycles. The molecule has 1 aliphatic rings. The summed E-state index contributed by atoms with van der Waals surface area (Å²) >= 11 is 0. The van der Waals surface area contributed by atoms with Crippen LogP contribution in [-0.4, -0.2) is 13.7 Å². The molecule has 0 fully saturated rings. The highest BCUT2D eigenvalue weighted by molar-refractivity contribution is 5.35. The maximum absolute atomic E-state index is 5.66. The third-order valence-electron chi connectivity index (χ3n) is 2.35. The van der Waals surface area contributed by atoms with Gasteiger partial charge in [-0.3, -0.25) is 0 Å². The molecular formula is C10H17NO. The molecule has 0 aromatic carbocycles. The average molecular weight is 167 g/mol. The van der Waals surface area contributed by atoms with Gasteiger partial charge in [0.15, 0.2) is 0 Å². The van der Waals surface area contributed by atoms with E-state index in [1.807, 2.05) is 0 Å². The molecule has 0 heterocycles. The quantitative estimate of drug-likeness (QED) is 0.697. The molecule has 2 nitrogen and oxygen atoms in total. The van der Waals surface area contributed by atoms with Crippen LogP contribution >= 0.6 is 0 Å². The lowest BCUT2D eigenvalue weighted by molar-refractivity contribution is 0.295. The van der Waals surface area contributed by atoms with E-state index in [0.29, 0.717) is 6.54 Å². The minimum atomic E-state index is 0.600. The van der Waals surface area contributed by atoms with Crippen LogP contribution in [0.1, 0.15) is 26.2 Å². The Labute approximate surface area is 74.1 Å². The van der Waals surface area contributed by atoms with Crippen LogP contribution in [0.15, 0.2) is 23.0 Å². The summed E-state index contributed by atoms with van der Waals surface area (Å²) in [6, 6.07) is 0. The molecule has 0 saturated heterocycles. The Balaban J connectivity index is 2.89. The Morgan fingerprint density at radius 2 is 2.33 bits per heavy atom. The van der Waals surface area contributed by atoms with Gasteiger partial charge in [-0.05, 0) is 25.3 Å². The van der Waals surface area contributed by atoms with Crippen molar-refractivity contribution in [2.24, 2.45) is 5.73 Å². The summed E-state index contributed by atoms with van der Waals surface area (Å²) in [7, 11) is 1.71. The van der Waals surface area contributed by atoms with Crippen LogP contribution in [0.3, 0.4) is 0 Å². The molecular weight excluding hydrogens is 150 g/mol. The van der Waals surface area contributed by atoms with Crippen molar-refractivity contribution in [2.75, 3.05) is 13.7 Å². The molecule has 68 valence electrons. The number of allylic oxidation sites excluding steroid dienone is 2. The average Bonchev–Trinajstić information content (AvgIpc) is 2.16. The van der Waals surface area contributed by atoms with E-state index in [2.05, 4.69) is 13.0 Å². The lowest BCUT2D eigenvalue weighted by atomic mass is 9.94. The summed E-state index contributed by atoms with van der Waals surface area (Å²) in [5.74, 6) is 0.987. The van der Waals surface area contributed by atoms with E-state index in [-0.39, 0.29) is 0 Å². The summed E-state index contributed by atoms with van der Waals surface area (Å²) in [5.41, 5.74) is 8.33. The minimum Gasteiger partial charge on any atom is -0.497 e. The van der Waals surface area contributed by atoms with E-state index < -0.39 is 0 Å². The van der Waals surface area contributed by atoms with Gasteiger partial charge in [-0.25, -0.2) is 0 Å². The van der Waals surface area contributed by atoms with E-state index >= 15 is 0 Å². The van der Waals surface area contributed by atoms with Crippen molar-refractivity contribution in [1.82, 2.24) is 0 Å². The maximum Gasteiger partial charge on any atom is 0.119 e. The van der Waals surface area contributed by atoms with Gasteiger partial charge in [0.25, 0.3) is 0 Å². The molecule has 0 aromatic heterocycles. The SMILES string of the molecule is CCC1=C(CN)C(OC)=CCC1. The molecule has 2 heteroatoms. The largest absolute Gasteiger partial charge is 0.497 e. The zero-order valence-electron chi connectivity index (χ0n) is 7.89. The Morgan fingerprint density at radius 3 is 2.83 bits per heavy atom. The zero-order valence-corrected chi connectivity index (χ0v) is 7.89. The van der Waals surface area contributed by atoms with Crippen molar-refractivity contribution in [3.8, 4) is 0 Å². The second-order valence-electron chi connectivity index (χ2n) is 2.95. The first-order valence-electron chi connectivity index (χ1n) is 4.49. The number of ether oxygens (including phenoxy) is 1. The Bertz CT molecular complexity index is 216. The summed E-state index contributed by atoms with van der Waals surface area (Å²) in [6.07, 6.45) is 5.46. The first kappa shape index (κ1) is 9.33. The summed E-state index contributed by atoms with van der Waals surface area (Å²) in [6.45, 7) is 2.77. The summed E-state index contributed by atoms with van der Waals surface area (Å²) in [4.78, 5) is 0. The number of hydrogen-bond donors (Lipinski definition) is 1. The van der Waals surface area contributed by atoms with Crippen LogP contribution in [-0.2, 0) is 4.74 Å². The molecule has 0 unspecified atom stereocenters. The molecule has 0 saturated carbocycles. The van der Waals surface area contributed by atoms with Crippen LogP contribution in [0.5, 0.6) is 0 Å². The molecule has 0 radical (unpaired) electrons. The fourth-order valence-corrected chi connectivity index (χ4v) is 1.67. The van der Waals surface area contributed by atoms with Crippen molar-refractivity contribution < 1.29 is 4.74 Å². The third-order valence-corrected chi connectivity index (χ3v) is 2.35. The smallest absolute Gasteiger partial charge is 0.119 e. The maximum atomic E-state index is 5.66. The molecule has 2 N–H and O–H groups in total. The fraction of sp³-hybridized carbons (Fsp3) is 0.600. The van der Waals surface area contributed by atoms with Gasteiger partial charge in [-0.15, -0.1) is 0 Å². The topological polar surface area (TPSA) is 35.2 Å². The second-order valence-corrected chi connectivity index (χ2v) is 2.95. The number of nitrogens with two attached hydrogens (primary N) is 1. The third kappa shape index (κ3) is 1.69. The van der Waals surface area contributed by atoms with E-state index in [1.165, 1.54) is 11.1 Å². The van der Waals surface area contributed by atoms with Crippen molar-refractivity contribution >= 4 is 0 Å². The van der Waals surface area contributed by atoms with E-state index in [1.54, 1.807) is 7.11 Å². The molecule has 12 heavy (non-hydrogen) atoms. The van der Waals surface area contributed by atoms with Gasteiger partial charge < -0.3 is 10.5 Å². The molecule has 0 aromatic rings. The molecule has 0 spiro atoms. The van der Waals surface area contributed by atoms with Gasteiger partial charge in [0.2, 0.25) is 0 Å². The van der Waals surface area contributed by atoms with Gasteiger partial charge in [0.05, 0.1) is 7.11 Å². The van der Waals surface area contributed by atoms with Crippen molar-refractivity contribution in [1.29, 1.82) is 0 Å². The highest BCUT2D eigenvalue weighted by atomic mass is 16.5. The van der Waals surface area contributed by atoms with Gasteiger partial charge in [-0.2, -0.15) is 0 Å². The molecule has 0 aliphatic heterocycles. The summed E-state index contributed by atoms with van der Waals surface area (Å²) < 4.78 is 5.25. The summed E-state index contributed by atoms with van der Waals surface area (Å²) in [5, 5.41) is 0. The Hall–Kier alpha value is -0.760. The van der Waals surface area contributed by atoms with Gasteiger partial charge >= 0.3 is 0 Å². The molecule has 1 rings (SSSR count). The Morgan fingerprint density at radius 1 is 1.58 bits per heavy atom. The molecule has 0 atom stereocenters. The lowest BCUT2D eigenvalue weighted by Crippen LogP contribution is -2.12. The van der Waals surface area contributed by atoms with Gasteiger partial charge in [-0.1, -0.05) is 12.5 Å². The van der Waals surface area contributed by atoms with Crippen LogP contribution in [0, 0.1) is 0 Å². The number of rotatable bonds is 3. The monoisotopic (exact) mass is 167 g/mol. The Kier molecular flexibility index (Phi) is 3.35. The normalized spacial score (nSPS) is 17.8. The highest BCUT2D eigenvalue weighted by Crippen LogP contribution is 2.26. The van der Waals surface area contributed by atoms with Crippen molar-refractivity contribution in [2.45, 2.75) is 26.2 Å². The fourth-order valence-electron chi connectivity index (χ4n) is 1.67. The lowest BCUT2D eigenvalue weighted by Gasteiger charge is -2.19. The zero-order chi connectivity index (χ0) is 8.97. The van der Waals surface area contributed by atoms with Gasteiger partial charge in [0, 0.05) is 12.1 Å².